The molecule has 1 aliphatic heterocycles. The highest BCUT2D eigenvalue weighted by Gasteiger charge is 2.59. The van der Waals surface area contributed by atoms with Crippen molar-refractivity contribution in [2.75, 3.05) is 18.8 Å². The first-order valence-corrected chi connectivity index (χ1v) is 14.7. The van der Waals surface area contributed by atoms with Crippen molar-refractivity contribution in [1.82, 2.24) is 4.57 Å². The van der Waals surface area contributed by atoms with Crippen LogP contribution in [0.1, 0.15) is 34.1 Å². The summed E-state index contributed by atoms with van der Waals surface area (Å²) in [6.07, 6.45) is 6.77. The van der Waals surface area contributed by atoms with Crippen molar-refractivity contribution < 1.29 is 9.90 Å². The van der Waals surface area contributed by atoms with Gasteiger partial charge in [0.15, 0.2) is 8.24 Å². The van der Waals surface area contributed by atoms with E-state index in [1.807, 2.05) is 35.3 Å². The average Bonchev–Trinajstić information content (AvgIpc) is 2.41. The molecule has 1 aliphatic rings. The normalized spacial score (nSPS) is 24.6. The monoisotopic (exact) mass is 395 g/mol. The highest BCUT2D eigenvalue weighted by atomic mass is 32.3. The van der Waals surface area contributed by atoms with Gasteiger partial charge in [-0.25, -0.2) is 0 Å². The first-order chi connectivity index (χ1) is 10.4. The zero-order chi connectivity index (χ0) is 18.2. The van der Waals surface area contributed by atoms with E-state index in [-0.39, 0.29) is 26.3 Å². The lowest BCUT2D eigenvalue weighted by molar-refractivity contribution is -0.155. The van der Waals surface area contributed by atoms with Crippen LogP contribution in [0.25, 0.3) is 0 Å². The molecule has 1 saturated heterocycles. The van der Waals surface area contributed by atoms with Crippen LogP contribution in [-0.4, -0.2) is 58.1 Å². The Morgan fingerprint density at radius 1 is 1.17 bits per heavy atom. The van der Waals surface area contributed by atoms with Gasteiger partial charge in [-0.3, -0.25) is 4.79 Å². The van der Waals surface area contributed by atoms with Gasteiger partial charge in [-0.2, -0.15) is 0 Å². The highest BCUT2D eigenvalue weighted by Crippen LogP contribution is 2.53. The molecule has 1 rings (SSSR count). The van der Waals surface area contributed by atoms with E-state index in [2.05, 4.69) is 57.2 Å². The predicted molar refractivity (Wildman–Crippen MR) is 111 cm³/mol. The Balaban J connectivity index is 3.19. The second-order valence-corrected chi connectivity index (χ2v) is 17.0. The van der Waals surface area contributed by atoms with Gasteiger partial charge in [0.05, 0.1) is 12.0 Å². The number of carbonyl (C=O) groups is 1. The van der Waals surface area contributed by atoms with Crippen LogP contribution in [0, 0.1) is 5.92 Å². The number of aliphatic hydroxyl groups excluding tert-OH is 1. The van der Waals surface area contributed by atoms with Gasteiger partial charge in [-0.1, -0.05) is 33.9 Å². The zero-order valence-corrected chi connectivity index (χ0v) is 19.4. The third-order valence-corrected chi connectivity index (χ3v) is 16.4. The van der Waals surface area contributed by atoms with E-state index in [0.717, 1.165) is 6.42 Å². The molecule has 0 aromatic carbocycles. The largest absolute Gasteiger partial charge is 0.393 e. The maximum Gasteiger partial charge on any atom is 0.222 e. The summed E-state index contributed by atoms with van der Waals surface area (Å²) in [6, 6.07) is 0.149. The number of rotatable bonds is 7. The Kier molecular flexibility index (Phi) is 7.11. The molecule has 0 bridgehead atoms. The Labute approximate surface area is 156 Å². The van der Waals surface area contributed by atoms with Crippen molar-refractivity contribution in [1.29, 1.82) is 0 Å². The molecular formula is C16H33NO2S3Si. The number of nitrogens with zero attached hydrogens (tertiary/aromatic N) is 1. The van der Waals surface area contributed by atoms with Crippen LogP contribution in [0.4, 0.5) is 0 Å². The van der Waals surface area contributed by atoms with E-state index >= 15 is 0 Å². The Morgan fingerprint density at radius 3 is 1.91 bits per heavy atom. The number of aliphatic hydroxyl groups is 1. The van der Waals surface area contributed by atoms with Crippen LogP contribution in [0.15, 0.2) is 0 Å². The number of hydrogen-bond acceptors (Lipinski definition) is 5. The maximum absolute atomic E-state index is 12.8. The molecule has 0 aromatic rings. The summed E-state index contributed by atoms with van der Waals surface area (Å²) in [5.41, 5.74) is 0. The summed E-state index contributed by atoms with van der Waals surface area (Å²) in [5, 5.41) is 10.3. The molecule has 1 fully saturated rings. The molecule has 0 saturated carbocycles. The molecule has 0 aromatic heterocycles. The first-order valence-electron chi connectivity index (χ1n) is 8.05. The van der Waals surface area contributed by atoms with Crippen molar-refractivity contribution in [2.24, 2.45) is 5.92 Å². The van der Waals surface area contributed by atoms with Crippen LogP contribution in [-0.2, 0) is 4.79 Å². The molecule has 1 amide bonds. The lowest BCUT2D eigenvalue weighted by Crippen LogP contribution is -2.75. The Hall–Kier alpha value is 0.697. The first kappa shape index (κ1) is 21.7. The van der Waals surface area contributed by atoms with Gasteiger partial charge in [0.2, 0.25) is 5.91 Å². The molecule has 3 atom stereocenters. The van der Waals surface area contributed by atoms with Crippen molar-refractivity contribution >= 4 is 49.4 Å². The molecule has 0 aliphatic carbocycles. The minimum atomic E-state index is -1.93. The van der Waals surface area contributed by atoms with E-state index in [1.165, 1.54) is 0 Å². The van der Waals surface area contributed by atoms with Crippen LogP contribution >= 0.6 is 35.3 Å². The minimum absolute atomic E-state index is 0.0408. The van der Waals surface area contributed by atoms with Crippen molar-refractivity contribution in [3.63, 3.8) is 0 Å². The van der Waals surface area contributed by atoms with Crippen LogP contribution in [0.2, 0.25) is 18.1 Å². The highest BCUT2D eigenvalue weighted by molar-refractivity contribution is 8.33. The van der Waals surface area contributed by atoms with Gasteiger partial charge in [-0.05, 0) is 30.7 Å². The molecule has 136 valence electrons. The second-order valence-electron chi connectivity index (χ2n) is 7.85. The number of carbonyl (C=O) groups excluding carboxylic acids is 1. The van der Waals surface area contributed by atoms with Gasteiger partial charge in [0.25, 0.3) is 0 Å². The topological polar surface area (TPSA) is 40.5 Å². The zero-order valence-electron chi connectivity index (χ0n) is 16.0. The van der Waals surface area contributed by atoms with Crippen molar-refractivity contribution in [3.8, 4) is 0 Å². The lowest BCUT2D eigenvalue weighted by Gasteiger charge is -2.60. The molecule has 0 radical (unpaired) electrons. The second kappa shape index (κ2) is 7.52. The van der Waals surface area contributed by atoms with Crippen molar-refractivity contribution in [3.05, 3.63) is 0 Å². The third-order valence-electron chi connectivity index (χ3n) is 5.62. The molecule has 7 heteroatoms. The molecule has 3 nitrogen and oxygen atoms in total. The van der Waals surface area contributed by atoms with E-state index < -0.39 is 14.3 Å². The number of thioether (sulfide) groups is 3. The molecule has 2 unspecified atom stereocenters. The summed E-state index contributed by atoms with van der Waals surface area (Å²) in [6.45, 7) is 13.1. The van der Waals surface area contributed by atoms with Crippen LogP contribution in [0.3, 0.4) is 0 Å². The van der Waals surface area contributed by atoms with Crippen LogP contribution < -0.4 is 0 Å². The van der Waals surface area contributed by atoms with Gasteiger partial charge in [0.1, 0.15) is 3.41 Å². The maximum atomic E-state index is 12.8. The fraction of sp³-hybridized carbons (Fsp3) is 0.938. The Bertz CT molecular complexity index is 425. The van der Waals surface area contributed by atoms with Gasteiger partial charge in [-0.15, -0.1) is 35.3 Å². The average molecular weight is 396 g/mol. The van der Waals surface area contributed by atoms with Gasteiger partial charge in [0, 0.05) is 12.5 Å². The predicted octanol–water partition coefficient (Wildman–Crippen LogP) is 4.33. The summed E-state index contributed by atoms with van der Waals surface area (Å²) in [7, 11) is -1.93. The lowest BCUT2D eigenvalue weighted by atomic mass is 9.84. The molecule has 1 heterocycles. The van der Waals surface area contributed by atoms with Gasteiger partial charge >= 0.3 is 0 Å². The van der Waals surface area contributed by atoms with Crippen molar-refractivity contribution in [2.45, 2.75) is 67.8 Å². The summed E-state index contributed by atoms with van der Waals surface area (Å²) in [5.74, 6) is -0.0799. The Morgan fingerprint density at radius 2 is 1.61 bits per heavy atom. The number of hydrogen-bond donors (Lipinski definition) is 1. The number of β-lactam (4-membered cyclic amide) rings is 1. The molecule has 0 spiro atoms. The van der Waals surface area contributed by atoms with E-state index in [9.17, 15) is 9.90 Å². The summed E-state index contributed by atoms with van der Waals surface area (Å²) >= 11 is 5.56. The summed E-state index contributed by atoms with van der Waals surface area (Å²) in [4.78, 5) is 12.8. The summed E-state index contributed by atoms with van der Waals surface area (Å²) < 4.78 is 2.22. The molecule has 1 N–H and O–H groups in total. The molecular weight excluding hydrogens is 362 g/mol. The quantitative estimate of drug-likeness (QED) is 0.395. The van der Waals surface area contributed by atoms with E-state index in [0.29, 0.717) is 0 Å². The number of amides is 1. The van der Waals surface area contributed by atoms with Crippen LogP contribution in [0.5, 0.6) is 0 Å². The third kappa shape index (κ3) is 3.94. The van der Waals surface area contributed by atoms with Gasteiger partial charge < -0.3 is 9.67 Å². The molecule has 23 heavy (non-hydrogen) atoms. The fourth-order valence-electron chi connectivity index (χ4n) is 3.12. The smallest absolute Gasteiger partial charge is 0.222 e. The standard InChI is InChI=1S/C16H33NO2S3Si/c1-11(18)13-12(10-16(20-5,21-6)22-7)17(14(13)19)23(8,9)15(2,3)4/h11-13,18H,10H2,1-9H3/t11?,12-,13?/m1/s1. The fourth-order valence-corrected chi connectivity index (χ4v) is 8.64. The van der Waals surface area contributed by atoms with E-state index in [1.54, 1.807) is 6.92 Å². The minimum Gasteiger partial charge on any atom is -0.393 e. The van der Waals surface area contributed by atoms with E-state index in [4.69, 9.17) is 0 Å². The SMILES string of the molecule is CSC(C[C@@H]1C(C(C)O)C(=O)N1[Si](C)(C)C(C)(C)C)(SC)SC.